The van der Waals surface area contributed by atoms with Crippen LogP contribution >= 0.6 is 0 Å². The third-order valence-corrected chi connectivity index (χ3v) is 4.55. The molecule has 0 spiro atoms. The topological polar surface area (TPSA) is 57.8 Å². The van der Waals surface area contributed by atoms with Gasteiger partial charge in [-0.1, -0.05) is 42.5 Å². The van der Waals surface area contributed by atoms with Gasteiger partial charge in [-0.25, -0.2) is 4.98 Å². The van der Waals surface area contributed by atoms with E-state index in [0.717, 1.165) is 28.5 Å². The number of nitrogens with zero attached hydrogens (tertiary/aromatic N) is 5. The van der Waals surface area contributed by atoms with Crippen molar-refractivity contribution in [1.82, 2.24) is 24.3 Å². The Morgan fingerprint density at radius 1 is 1.07 bits per heavy atom. The summed E-state index contributed by atoms with van der Waals surface area (Å²) in [5, 5.41) is 8.21. The minimum atomic E-state index is 0.0175. The van der Waals surface area contributed by atoms with Crippen molar-refractivity contribution in [1.29, 1.82) is 0 Å². The first-order valence-corrected chi connectivity index (χ1v) is 8.86. The van der Waals surface area contributed by atoms with Crippen LogP contribution in [-0.4, -0.2) is 24.3 Å². The molecule has 0 saturated heterocycles. The SMILES string of the molecule is C[C@H](c1nncn1C)n1ccnc1-c1cccc(OCc2ccccc2)c1. The van der Waals surface area contributed by atoms with Gasteiger partial charge in [-0.2, -0.15) is 0 Å². The summed E-state index contributed by atoms with van der Waals surface area (Å²) in [6.45, 7) is 2.62. The largest absolute Gasteiger partial charge is 0.489 e. The fraction of sp³-hybridized carbons (Fsp3) is 0.190. The molecule has 2 aromatic heterocycles. The van der Waals surface area contributed by atoms with E-state index in [4.69, 9.17) is 4.74 Å². The van der Waals surface area contributed by atoms with Gasteiger partial charge in [-0.15, -0.1) is 10.2 Å². The fourth-order valence-corrected chi connectivity index (χ4v) is 3.11. The Labute approximate surface area is 158 Å². The zero-order chi connectivity index (χ0) is 18.6. The molecular formula is C21H21N5O. The molecule has 6 heteroatoms. The second-order valence-electron chi connectivity index (χ2n) is 6.44. The molecule has 0 radical (unpaired) electrons. The molecule has 0 bridgehead atoms. The third kappa shape index (κ3) is 3.60. The van der Waals surface area contributed by atoms with Crippen LogP contribution < -0.4 is 4.74 Å². The number of hydrogen-bond donors (Lipinski definition) is 0. The van der Waals surface area contributed by atoms with E-state index in [-0.39, 0.29) is 6.04 Å². The predicted octanol–water partition coefficient (Wildman–Crippen LogP) is 3.87. The number of ether oxygens (including phenoxy) is 1. The van der Waals surface area contributed by atoms with Gasteiger partial charge in [-0.3, -0.25) is 0 Å². The lowest BCUT2D eigenvalue weighted by atomic mass is 10.2. The van der Waals surface area contributed by atoms with Crippen molar-refractivity contribution in [2.75, 3.05) is 0 Å². The second kappa shape index (κ2) is 7.45. The van der Waals surface area contributed by atoms with E-state index in [9.17, 15) is 0 Å². The summed E-state index contributed by atoms with van der Waals surface area (Å²) in [6.07, 6.45) is 5.48. The molecule has 0 aliphatic carbocycles. The lowest BCUT2D eigenvalue weighted by molar-refractivity contribution is 0.306. The van der Waals surface area contributed by atoms with Gasteiger partial charge in [-0.05, 0) is 24.6 Å². The number of rotatable bonds is 6. The second-order valence-corrected chi connectivity index (χ2v) is 6.44. The Bertz CT molecular complexity index is 1020. The maximum absolute atomic E-state index is 5.96. The van der Waals surface area contributed by atoms with Gasteiger partial charge in [0, 0.05) is 25.0 Å². The predicted molar refractivity (Wildman–Crippen MR) is 103 cm³/mol. The quantitative estimate of drug-likeness (QED) is 0.524. The maximum Gasteiger partial charge on any atom is 0.155 e. The molecule has 4 aromatic rings. The van der Waals surface area contributed by atoms with E-state index in [0.29, 0.717) is 6.61 Å². The highest BCUT2D eigenvalue weighted by molar-refractivity contribution is 5.58. The minimum absolute atomic E-state index is 0.0175. The van der Waals surface area contributed by atoms with Crippen LogP contribution in [0.15, 0.2) is 73.3 Å². The molecule has 136 valence electrons. The van der Waals surface area contributed by atoms with Crippen LogP contribution in [0.25, 0.3) is 11.4 Å². The third-order valence-electron chi connectivity index (χ3n) is 4.55. The Balaban J connectivity index is 1.58. The molecule has 2 heterocycles. The van der Waals surface area contributed by atoms with Crippen LogP contribution in [0.5, 0.6) is 5.75 Å². The molecule has 0 N–H and O–H groups in total. The van der Waals surface area contributed by atoms with Crippen molar-refractivity contribution >= 4 is 0 Å². The molecule has 2 aromatic carbocycles. The van der Waals surface area contributed by atoms with Crippen LogP contribution in [0.2, 0.25) is 0 Å². The van der Waals surface area contributed by atoms with Crippen molar-refractivity contribution < 1.29 is 4.74 Å². The van der Waals surface area contributed by atoms with Crippen molar-refractivity contribution in [3.8, 4) is 17.1 Å². The summed E-state index contributed by atoms with van der Waals surface area (Å²) in [5.74, 6) is 2.57. The van der Waals surface area contributed by atoms with E-state index in [2.05, 4.69) is 38.8 Å². The van der Waals surface area contributed by atoms with Crippen LogP contribution in [0.1, 0.15) is 24.4 Å². The Hall–Kier alpha value is -3.41. The highest BCUT2D eigenvalue weighted by Crippen LogP contribution is 2.27. The summed E-state index contributed by atoms with van der Waals surface area (Å²) in [7, 11) is 1.94. The molecule has 27 heavy (non-hydrogen) atoms. The number of aryl methyl sites for hydroxylation is 1. The Morgan fingerprint density at radius 2 is 1.93 bits per heavy atom. The van der Waals surface area contributed by atoms with E-state index in [1.807, 2.05) is 60.3 Å². The van der Waals surface area contributed by atoms with Gasteiger partial charge in [0.25, 0.3) is 0 Å². The Morgan fingerprint density at radius 3 is 2.70 bits per heavy atom. The van der Waals surface area contributed by atoms with E-state index < -0.39 is 0 Å². The van der Waals surface area contributed by atoms with E-state index >= 15 is 0 Å². The molecule has 0 amide bonds. The first-order valence-electron chi connectivity index (χ1n) is 8.86. The van der Waals surface area contributed by atoms with Gasteiger partial charge in [0.1, 0.15) is 24.5 Å². The number of imidazole rings is 1. The van der Waals surface area contributed by atoms with Crippen LogP contribution in [0, 0.1) is 0 Å². The van der Waals surface area contributed by atoms with Crippen LogP contribution in [-0.2, 0) is 13.7 Å². The van der Waals surface area contributed by atoms with Crippen LogP contribution in [0.4, 0.5) is 0 Å². The van der Waals surface area contributed by atoms with Crippen molar-refractivity contribution in [2.45, 2.75) is 19.6 Å². The maximum atomic E-state index is 5.96. The number of aromatic nitrogens is 5. The average Bonchev–Trinajstić information content (AvgIpc) is 3.36. The van der Waals surface area contributed by atoms with E-state index in [1.54, 1.807) is 12.5 Å². The zero-order valence-corrected chi connectivity index (χ0v) is 15.4. The molecular weight excluding hydrogens is 338 g/mol. The van der Waals surface area contributed by atoms with Crippen molar-refractivity contribution in [3.05, 3.63) is 84.7 Å². The first-order chi connectivity index (χ1) is 13.2. The molecule has 0 unspecified atom stereocenters. The first kappa shape index (κ1) is 17.0. The monoisotopic (exact) mass is 359 g/mol. The normalized spacial score (nSPS) is 12.1. The smallest absolute Gasteiger partial charge is 0.155 e. The highest BCUT2D eigenvalue weighted by Gasteiger charge is 2.17. The van der Waals surface area contributed by atoms with Crippen molar-refractivity contribution in [2.24, 2.45) is 7.05 Å². The molecule has 0 saturated carbocycles. The minimum Gasteiger partial charge on any atom is -0.489 e. The van der Waals surface area contributed by atoms with E-state index in [1.165, 1.54) is 0 Å². The lowest BCUT2D eigenvalue weighted by Gasteiger charge is -2.16. The summed E-state index contributed by atoms with van der Waals surface area (Å²) in [4.78, 5) is 4.56. The fourth-order valence-electron chi connectivity index (χ4n) is 3.11. The molecule has 4 rings (SSSR count). The molecule has 6 nitrogen and oxygen atoms in total. The average molecular weight is 359 g/mol. The van der Waals surface area contributed by atoms with Gasteiger partial charge in [0.05, 0.1) is 6.04 Å². The summed E-state index contributed by atoms with van der Waals surface area (Å²) in [6, 6.07) is 18.2. The molecule has 1 atom stereocenters. The van der Waals surface area contributed by atoms with Gasteiger partial charge in [0.2, 0.25) is 0 Å². The lowest BCUT2D eigenvalue weighted by Crippen LogP contribution is -2.12. The van der Waals surface area contributed by atoms with Gasteiger partial charge in [0.15, 0.2) is 5.82 Å². The summed E-state index contributed by atoms with van der Waals surface area (Å²) < 4.78 is 9.98. The molecule has 0 aliphatic rings. The van der Waals surface area contributed by atoms with Crippen LogP contribution in [0.3, 0.4) is 0 Å². The standard InChI is InChI=1S/C21H21N5O/c1-16(20-24-23-15-25(20)2)26-12-11-22-21(26)18-9-6-10-19(13-18)27-14-17-7-4-3-5-8-17/h3-13,15-16H,14H2,1-2H3/t16-/m1/s1. The van der Waals surface area contributed by atoms with Gasteiger partial charge >= 0.3 is 0 Å². The summed E-state index contributed by atoms with van der Waals surface area (Å²) in [5.41, 5.74) is 2.14. The Kier molecular flexibility index (Phi) is 4.70. The highest BCUT2D eigenvalue weighted by atomic mass is 16.5. The van der Waals surface area contributed by atoms with Gasteiger partial charge < -0.3 is 13.9 Å². The molecule has 0 aliphatic heterocycles. The van der Waals surface area contributed by atoms with Crippen molar-refractivity contribution in [3.63, 3.8) is 0 Å². The number of benzene rings is 2. The number of hydrogen-bond acceptors (Lipinski definition) is 4. The zero-order valence-electron chi connectivity index (χ0n) is 15.4. The summed E-state index contributed by atoms with van der Waals surface area (Å²) >= 11 is 0. The molecule has 0 fully saturated rings.